The number of hydrogen-bond acceptors (Lipinski definition) is 5. The number of rotatable bonds is 5. The number of amides is 3. The molecule has 2 aliphatic rings. The van der Waals surface area contributed by atoms with E-state index in [9.17, 15) is 23.2 Å². The summed E-state index contributed by atoms with van der Waals surface area (Å²) in [4.78, 5) is 44.5. The molecular weight excluding hydrogens is 506 g/mol. The molecule has 0 aromatic heterocycles. The average Bonchev–Trinajstić information content (AvgIpc) is 2.97. The van der Waals surface area contributed by atoms with Crippen LogP contribution in [-0.2, 0) is 4.74 Å². The molecule has 2 fully saturated rings. The molecular formula is C29H28F2N4O4. The Morgan fingerprint density at radius 3 is 2.15 bits per heavy atom. The van der Waals surface area contributed by atoms with Crippen molar-refractivity contribution in [1.82, 2.24) is 9.80 Å². The van der Waals surface area contributed by atoms with Crippen molar-refractivity contribution in [2.24, 2.45) is 0 Å². The van der Waals surface area contributed by atoms with E-state index in [-0.39, 0.29) is 17.4 Å². The van der Waals surface area contributed by atoms with E-state index in [2.05, 4.69) is 5.32 Å². The summed E-state index contributed by atoms with van der Waals surface area (Å²) in [5.74, 6) is -2.16. The molecule has 3 aromatic carbocycles. The lowest BCUT2D eigenvalue weighted by atomic mass is 10.1. The monoisotopic (exact) mass is 534 g/mol. The summed E-state index contributed by atoms with van der Waals surface area (Å²) in [6, 6.07) is 16.3. The van der Waals surface area contributed by atoms with Crippen LogP contribution in [0, 0.1) is 11.6 Å². The van der Waals surface area contributed by atoms with E-state index in [4.69, 9.17) is 4.74 Å². The Kier molecular flexibility index (Phi) is 7.83. The molecule has 39 heavy (non-hydrogen) atoms. The van der Waals surface area contributed by atoms with Crippen molar-refractivity contribution in [2.75, 3.05) is 62.7 Å². The lowest BCUT2D eigenvalue weighted by Crippen LogP contribution is -2.49. The maximum absolute atomic E-state index is 14.1. The van der Waals surface area contributed by atoms with Crippen LogP contribution in [0.15, 0.2) is 66.7 Å². The predicted molar refractivity (Wildman–Crippen MR) is 142 cm³/mol. The van der Waals surface area contributed by atoms with Gasteiger partial charge in [-0.1, -0.05) is 18.2 Å². The van der Waals surface area contributed by atoms with E-state index in [1.807, 2.05) is 4.90 Å². The number of nitrogens with zero attached hydrogens (tertiary/aromatic N) is 3. The van der Waals surface area contributed by atoms with Gasteiger partial charge in [-0.05, 0) is 48.5 Å². The third-order valence-corrected chi connectivity index (χ3v) is 6.88. The highest BCUT2D eigenvalue weighted by Crippen LogP contribution is 2.28. The van der Waals surface area contributed by atoms with Crippen LogP contribution in [0.25, 0.3) is 0 Å². The summed E-state index contributed by atoms with van der Waals surface area (Å²) in [5.41, 5.74) is 1.63. The number of morpholine rings is 1. The first kappa shape index (κ1) is 26.3. The minimum absolute atomic E-state index is 0.0956. The van der Waals surface area contributed by atoms with Crippen molar-refractivity contribution in [1.29, 1.82) is 0 Å². The van der Waals surface area contributed by atoms with Crippen LogP contribution in [0.2, 0.25) is 0 Å². The molecule has 0 spiro atoms. The summed E-state index contributed by atoms with van der Waals surface area (Å²) >= 11 is 0. The van der Waals surface area contributed by atoms with Gasteiger partial charge in [-0.3, -0.25) is 14.4 Å². The first-order valence-electron chi connectivity index (χ1n) is 12.8. The Labute approximate surface area is 224 Å². The Morgan fingerprint density at radius 2 is 1.44 bits per heavy atom. The maximum Gasteiger partial charge on any atom is 0.258 e. The summed E-state index contributed by atoms with van der Waals surface area (Å²) in [6.07, 6.45) is 0. The van der Waals surface area contributed by atoms with Gasteiger partial charge in [-0.2, -0.15) is 0 Å². The standard InChI is InChI=1S/C29H28F2N4O4/c30-21-5-3-4-20(18-21)28(37)34-12-10-33(11-13-34)26-9-8-22(32-27(36)23-6-1-2-7-25(23)31)19-24(26)29(38)35-14-16-39-17-15-35/h1-9,18-19H,10-17H2,(H,32,36). The number of carbonyl (C=O) groups is 3. The Morgan fingerprint density at radius 1 is 0.718 bits per heavy atom. The van der Waals surface area contributed by atoms with Crippen molar-refractivity contribution < 1.29 is 27.9 Å². The Bertz CT molecular complexity index is 1390. The minimum Gasteiger partial charge on any atom is -0.378 e. The summed E-state index contributed by atoms with van der Waals surface area (Å²) in [5, 5.41) is 2.70. The predicted octanol–water partition coefficient (Wildman–Crippen LogP) is 3.65. The van der Waals surface area contributed by atoms with Gasteiger partial charge in [0.15, 0.2) is 0 Å². The van der Waals surface area contributed by atoms with E-state index in [1.54, 1.807) is 40.1 Å². The second-order valence-electron chi connectivity index (χ2n) is 9.36. The molecule has 0 atom stereocenters. The fourth-order valence-corrected chi connectivity index (χ4v) is 4.80. The van der Waals surface area contributed by atoms with Gasteiger partial charge >= 0.3 is 0 Å². The quantitative estimate of drug-likeness (QED) is 0.541. The smallest absolute Gasteiger partial charge is 0.258 e. The highest BCUT2D eigenvalue weighted by atomic mass is 19.1. The molecule has 2 heterocycles. The zero-order valence-electron chi connectivity index (χ0n) is 21.2. The second kappa shape index (κ2) is 11.6. The molecule has 1 N–H and O–H groups in total. The van der Waals surface area contributed by atoms with Crippen molar-refractivity contribution in [2.45, 2.75) is 0 Å². The number of hydrogen-bond donors (Lipinski definition) is 1. The second-order valence-corrected chi connectivity index (χ2v) is 9.36. The van der Waals surface area contributed by atoms with Crippen LogP contribution < -0.4 is 10.2 Å². The van der Waals surface area contributed by atoms with Crippen molar-refractivity contribution in [3.05, 3.63) is 95.1 Å². The highest BCUT2D eigenvalue weighted by Gasteiger charge is 2.28. The number of anilines is 2. The van der Waals surface area contributed by atoms with Gasteiger partial charge in [0.05, 0.1) is 24.3 Å². The normalized spacial score (nSPS) is 15.7. The van der Waals surface area contributed by atoms with Crippen LogP contribution in [0.3, 0.4) is 0 Å². The van der Waals surface area contributed by atoms with Crippen molar-refractivity contribution in [3.8, 4) is 0 Å². The van der Waals surface area contributed by atoms with Crippen LogP contribution in [0.5, 0.6) is 0 Å². The number of piperazine rings is 1. The Balaban J connectivity index is 1.36. The zero-order chi connectivity index (χ0) is 27.4. The topological polar surface area (TPSA) is 82.2 Å². The number of carbonyl (C=O) groups excluding carboxylic acids is 3. The fraction of sp³-hybridized carbons (Fsp3) is 0.276. The van der Waals surface area contributed by atoms with Gasteiger partial charge in [0, 0.05) is 56.2 Å². The van der Waals surface area contributed by atoms with Gasteiger partial charge in [-0.25, -0.2) is 8.78 Å². The maximum atomic E-state index is 14.1. The minimum atomic E-state index is -0.637. The van der Waals surface area contributed by atoms with E-state index in [1.165, 1.54) is 36.4 Å². The van der Waals surface area contributed by atoms with Crippen LogP contribution in [0.1, 0.15) is 31.1 Å². The number of nitrogens with one attached hydrogen (secondary N) is 1. The molecule has 0 bridgehead atoms. The molecule has 0 unspecified atom stereocenters. The third kappa shape index (κ3) is 5.91. The van der Waals surface area contributed by atoms with Crippen LogP contribution in [-0.4, -0.2) is 80.0 Å². The first-order chi connectivity index (χ1) is 18.9. The molecule has 8 nitrogen and oxygen atoms in total. The summed E-state index contributed by atoms with van der Waals surface area (Å²) in [7, 11) is 0. The highest BCUT2D eigenvalue weighted by molar-refractivity contribution is 6.06. The molecule has 10 heteroatoms. The van der Waals surface area contributed by atoms with Crippen LogP contribution >= 0.6 is 0 Å². The van der Waals surface area contributed by atoms with E-state index in [0.29, 0.717) is 75.0 Å². The summed E-state index contributed by atoms with van der Waals surface area (Å²) < 4.78 is 33.1. The molecule has 3 aromatic rings. The molecule has 0 saturated carbocycles. The average molecular weight is 535 g/mol. The largest absolute Gasteiger partial charge is 0.378 e. The first-order valence-corrected chi connectivity index (χ1v) is 12.8. The fourth-order valence-electron chi connectivity index (χ4n) is 4.80. The van der Waals surface area contributed by atoms with Crippen LogP contribution in [0.4, 0.5) is 20.2 Å². The van der Waals surface area contributed by atoms with Crippen molar-refractivity contribution in [3.63, 3.8) is 0 Å². The Hall–Kier alpha value is -4.31. The zero-order valence-corrected chi connectivity index (χ0v) is 21.2. The number of benzene rings is 3. The number of ether oxygens (including phenoxy) is 1. The lowest BCUT2D eigenvalue weighted by Gasteiger charge is -2.37. The van der Waals surface area contributed by atoms with Gasteiger partial charge in [-0.15, -0.1) is 0 Å². The van der Waals surface area contributed by atoms with E-state index < -0.39 is 17.5 Å². The molecule has 0 radical (unpaired) electrons. The van der Waals surface area contributed by atoms with Gasteiger partial charge in [0.25, 0.3) is 17.7 Å². The SMILES string of the molecule is O=C(Nc1ccc(N2CCN(C(=O)c3cccc(F)c3)CC2)c(C(=O)N2CCOCC2)c1)c1ccccc1F. The van der Waals surface area contributed by atoms with E-state index >= 15 is 0 Å². The van der Waals surface area contributed by atoms with Gasteiger partial charge < -0.3 is 24.8 Å². The third-order valence-electron chi connectivity index (χ3n) is 6.88. The molecule has 2 saturated heterocycles. The molecule has 0 aliphatic carbocycles. The van der Waals surface area contributed by atoms with Crippen molar-refractivity contribution >= 4 is 29.1 Å². The van der Waals surface area contributed by atoms with E-state index in [0.717, 1.165) is 0 Å². The molecule has 2 aliphatic heterocycles. The molecule has 5 rings (SSSR count). The van der Waals surface area contributed by atoms with Gasteiger partial charge in [0.2, 0.25) is 0 Å². The van der Waals surface area contributed by atoms with Gasteiger partial charge in [0.1, 0.15) is 11.6 Å². The number of halogens is 2. The summed E-state index contributed by atoms with van der Waals surface area (Å²) in [6.45, 7) is 3.48. The molecule has 3 amide bonds. The lowest BCUT2D eigenvalue weighted by molar-refractivity contribution is 0.0303. The molecule has 202 valence electrons.